The van der Waals surface area contributed by atoms with E-state index in [2.05, 4.69) is 0 Å². The molecule has 2 heterocycles. The van der Waals surface area contributed by atoms with E-state index in [-0.39, 0.29) is 44.5 Å². The van der Waals surface area contributed by atoms with Crippen molar-refractivity contribution in [3.8, 4) is 17.2 Å². The van der Waals surface area contributed by atoms with Crippen LogP contribution in [0.15, 0.2) is 36.4 Å². The van der Waals surface area contributed by atoms with Crippen molar-refractivity contribution in [1.29, 1.82) is 0 Å². The highest BCUT2D eigenvalue weighted by atomic mass is 32.2. The SMILES string of the molecule is CCCCCS(=O)(=O)N(CCOC)CCN1CC(c2ccc3c(c2)OCO3)[C@H](C(=O)O)[C@H]1c1ccc(OC)c(F)c1. The molecule has 2 aliphatic rings. The molecule has 0 spiro atoms. The van der Waals surface area contributed by atoms with Crippen molar-refractivity contribution in [3.05, 3.63) is 53.3 Å². The van der Waals surface area contributed by atoms with Crippen molar-refractivity contribution in [2.75, 3.05) is 59.6 Å². The number of ether oxygens (including phenoxy) is 4. The third-order valence-corrected chi connectivity index (χ3v) is 9.76. The Bertz CT molecular complexity index is 1310. The number of rotatable bonds is 15. The molecule has 41 heavy (non-hydrogen) atoms. The number of aliphatic carboxylic acids is 1. The lowest BCUT2D eigenvalue weighted by molar-refractivity contribution is -0.143. The highest BCUT2D eigenvalue weighted by Crippen LogP contribution is 2.48. The summed E-state index contributed by atoms with van der Waals surface area (Å²) in [6, 6.07) is 9.12. The molecule has 1 unspecified atom stereocenters. The van der Waals surface area contributed by atoms with Gasteiger partial charge in [-0.05, 0) is 41.8 Å². The molecule has 2 aromatic rings. The van der Waals surface area contributed by atoms with Crippen LogP contribution in [0.3, 0.4) is 0 Å². The van der Waals surface area contributed by atoms with Gasteiger partial charge in [0.1, 0.15) is 0 Å². The van der Waals surface area contributed by atoms with Crippen molar-refractivity contribution < 1.29 is 41.7 Å². The maximum Gasteiger partial charge on any atom is 0.309 e. The molecule has 0 radical (unpaired) electrons. The van der Waals surface area contributed by atoms with Crippen molar-refractivity contribution in [2.45, 2.75) is 38.1 Å². The van der Waals surface area contributed by atoms with Crippen LogP contribution in [0.2, 0.25) is 0 Å². The molecule has 1 saturated heterocycles. The Morgan fingerprint density at radius 1 is 1.10 bits per heavy atom. The predicted molar refractivity (Wildman–Crippen MR) is 150 cm³/mol. The van der Waals surface area contributed by atoms with Gasteiger partial charge in [0.05, 0.1) is 25.4 Å². The maximum absolute atomic E-state index is 14.9. The fraction of sp³-hybridized carbons (Fsp3) is 0.552. The Kier molecular flexibility index (Phi) is 10.5. The Morgan fingerprint density at radius 2 is 1.85 bits per heavy atom. The zero-order valence-corrected chi connectivity index (χ0v) is 24.6. The van der Waals surface area contributed by atoms with Crippen molar-refractivity contribution in [2.24, 2.45) is 5.92 Å². The number of carboxylic acid groups (broad SMARTS) is 1. The van der Waals surface area contributed by atoms with Crippen LogP contribution < -0.4 is 14.2 Å². The number of hydrogen-bond donors (Lipinski definition) is 1. The molecule has 0 amide bonds. The molecule has 0 bridgehead atoms. The van der Waals surface area contributed by atoms with Crippen LogP contribution in [0.4, 0.5) is 4.39 Å². The predicted octanol–water partition coefficient (Wildman–Crippen LogP) is 3.87. The summed E-state index contributed by atoms with van der Waals surface area (Å²) in [6.45, 7) is 3.25. The molecule has 12 heteroatoms. The first kappa shape index (κ1) is 31.0. The highest BCUT2D eigenvalue weighted by Gasteiger charge is 2.48. The first-order valence-corrected chi connectivity index (χ1v) is 15.5. The van der Waals surface area contributed by atoms with Crippen LogP contribution in [0.5, 0.6) is 17.2 Å². The topological polar surface area (TPSA) is 115 Å². The molecule has 226 valence electrons. The molecule has 0 saturated carbocycles. The number of sulfonamides is 1. The number of methoxy groups -OCH3 is 2. The second kappa shape index (κ2) is 13.8. The Morgan fingerprint density at radius 3 is 2.54 bits per heavy atom. The van der Waals surface area contributed by atoms with E-state index in [0.29, 0.717) is 30.0 Å². The van der Waals surface area contributed by atoms with E-state index in [0.717, 1.165) is 18.4 Å². The number of nitrogens with zero attached hydrogens (tertiary/aromatic N) is 2. The molecular weight excluding hydrogens is 555 g/mol. The average molecular weight is 595 g/mol. The second-order valence-corrected chi connectivity index (χ2v) is 12.4. The van der Waals surface area contributed by atoms with Gasteiger partial charge in [-0.1, -0.05) is 31.9 Å². The minimum absolute atomic E-state index is 0.0370. The third kappa shape index (κ3) is 7.11. The fourth-order valence-corrected chi connectivity index (χ4v) is 7.23. The molecule has 2 aromatic carbocycles. The van der Waals surface area contributed by atoms with E-state index in [9.17, 15) is 22.7 Å². The van der Waals surface area contributed by atoms with Crippen LogP contribution in [-0.2, 0) is 19.6 Å². The zero-order valence-electron chi connectivity index (χ0n) is 23.8. The van der Waals surface area contributed by atoms with Gasteiger partial charge in [-0.2, -0.15) is 4.31 Å². The molecule has 3 atom stereocenters. The van der Waals surface area contributed by atoms with Crippen molar-refractivity contribution in [1.82, 2.24) is 9.21 Å². The van der Waals surface area contributed by atoms with Crippen LogP contribution in [0, 0.1) is 11.7 Å². The minimum atomic E-state index is -3.56. The van der Waals surface area contributed by atoms with E-state index >= 15 is 0 Å². The Hall–Kier alpha value is -2.93. The minimum Gasteiger partial charge on any atom is -0.494 e. The van der Waals surface area contributed by atoms with Gasteiger partial charge in [-0.3, -0.25) is 9.69 Å². The Labute approximate surface area is 241 Å². The molecular formula is C29H39FN2O8S. The van der Waals surface area contributed by atoms with Gasteiger partial charge in [-0.25, -0.2) is 12.8 Å². The fourth-order valence-electron chi connectivity index (χ4n) is 5.69. The number of carbonyl (C=O) groups is 1. The first-order valence-electron chi connectivity index (χ1n) is 13.9. The Balaban J connectivity index is 1.67. The van der Waals surface area contributed by atoms with Gasteiger partial charge < -0.3 is 24.1 Å². The van der Waals surface area contributed by atoms with Gasteiger partial charge in [0, 0.05) is 45.2 Å². The van der Waals surface area contributed by atoms with Crippen LogP contribution >= 0.6 is 0 Å². The number of likely N-dealkylation sites (tertiary alicyclic amines) is 1. The highest BCUT2D eigenvalue weighted by molar-refractivity contribution is 7.89. The van der Waals surface area contributed by atoms with E-state index in [1.807, 2.05) is 17.9 Å². The van der Waals surface area contributed by atoms with Crippen LogP contribution in [0.25, 0.3) is 0 Å². The number of fused-ring (bicyclic) bond motifs is 1. The van der Waals surface area contributed by atoms with Crippen LogP contribution in [0.1, 0.15) is 49.3 Å². The summed E-state index contributed by atoms with van der Waals surface area (Å²) in [7, 11) is -0.671. The normalized spacial score (nSPS) is 20.6. The number of hydrogen-bond acceptors (Lipinski definition) is 8. The number of carboxylic acids is 1. The molecule has 2 aliphatic heterocycles. The summed E-state index contributed by atoms with van der Waals surface area (Å²) >= 11 is 0. The largest absolute Gasteiger partial charge is 0.494 e. The molecule has 1 fully saturated rings. The van der Waals surface area contributed by atoms with E-state index in [1.54, 1.807) is 18.2 Å². The summed E-state index contributed by atoms with van der Waals surface area (Å²) in [5.41, 5.74) is 1.24. The first-order chi connectivity index (χ1) is 19.7. The van der Waals surface area contributed by atoms with Gasteiger partial charge in [0.15, 0.2) is 23.1 Å². The van der Waals surface area contributed by atoms with E-state index in [4.69, 9.17) is 18.9 Å². The molecule has 0 aliphatic carbocycles. The van der Waals surface area contributed by atoms with E-state index < -0.39 is 39.7 Å². The summed E-state index contributed by atoms with van der Waals surface area (Å²) in [5, 5.41) is 10.5. The molecule has 10 nitrogen and oxygen atoms in total. The summed E-state index contributed by atoms with van der Waals surface area (Å²) in [6.07, 6.45) is 2.28. The second-order valence-electron chi connectivity index (χ2n) is 10.3. The third-order valence-electron chi connectivity index (χ3n) is 7.81. The number of unbranched alkanes of at least 4 members (excludes halogenated alkanes) is 2. The lowest BCUT2D eigenvalue weighted by Crippen LogP contribution is -2.41. The summed E-state index contributed by atoms with van der Waals surface area (Å²) in [5.74, 6) is -1.80. The van der Waals surface area contributed by atoms with Gasteiger partial charge in [-0.15, -0.1) is 0 Å². The van der Waals surface area contributed by atoms with Crippen molar-refractivity contribution in [3.63, 3.8) is 0 Å². The summed E-state index contributed by atoms with van der Waals surface area (Å²) in [4.78, 5) is 14.8. The lowest BCUT2D eigenvalue weighted by Gasteiger charge is -2.30. The van der Waals surface area contributed by atoms with Crippen molar-refractivity contribution >= 4 is 16.0 Å². The maximum atomic E-state index is 14.9. The van der Waals surface area contributed by atoms with Gasteiger partial charge in [0.25, 0.3) is 0 Å². The molecule has 1 N–H and O–H groups in total. The lowest BCUT2D eigenvalue weighted by atomic mass is 9.82. The molecule has 0 aromatic heterocycles. The summed E-state index contributed by atoms with van der Waals surface area (Å²) < 4.78 is 63.9. The average Bonchev–Trinajstić information content (AvgIpc) is 3.57. The monoisotopic (exact) mass is 594 g/mol. The zero-order chi connectivity index (χ0) is 29.6. The molecule has 4 rings (SSSR count). The number of benzene rings is 2. The smallest absolute Gasteiger partial charge is 0.309 e. The standard InChI is InChI=1S/C29H39FN2O8S/c1-4-5-6-15-41(35,36)32(13-14-37-2)12-11-31-18-22(20-7-10-25-26(17-20)40-19-39-25)27(29(33)34)28(31)21-8-9-24(38-3)23(30)16-21/h7-10,16-17,22,27-28H,4-6,11-15,18-19H2,1-3H3,(H,33,34)/t22?,27-,28+/m0/s1. The van der Waals surface area contributed by atoms with E-state index in [1.165, 1.54) is 30.7 Å². The van der Waals surface area contributed by atoms with Crippen LogP contribution in [-0.4, -0.2) is 88.3 Å². The van der Waals surface area contributed by atoms with Gasteiger partial charge >= 0.3 is 5.97 Å². The van der Waals surface area contributed by atoms with Gasteiger partial charge in [0.2, 0.25) is 16.8 Å². The number of halogens is 1. The quantitative estimate of drug-likeness (QED) is 0.307.